The zero-order chi connectivity index (χ0) is 9.30. The third-order valence-electron chi connectivity index (χ3n) is 2.85. The number of rotatable bonds is 1. The van der Waals surface area contributed by atoms with E-state index in [-0.39, 0.29) is 0 Å². The van der Waals surface area contributed by atoms with Gasteiger partial charge in [0.1, 0.15) is 0 Å². The Hall–Kier alpha value is -0.655. The van der Waals surface area contributed by atoms with Gasteiger partial charge in [-0.05, 0) is 39.6 Å². The van der Waals surface area contributed by atoms with Crippen molar-refractivity contribution >= 4 is 6.92 Å². The Balaban J connectivity index is 3.02. The first-order valence-electron chi connectivity index (χ1n) is 4.59. The summed E-state index contributed by atoms with van der Waals surface area (Å²) in [5, 5.41) is 0. The van der Waals surface area contributed by atoms with Crippen LogP contribution in [-0.4, -0.2) is 6.92 Å². The van der Waals surface area contributed by atoms with Gasteiger partial charge in [0, 0.05) is 0 Å². The van der Waals surface area contributed by atoms with Crippen LogP contribution in [0.2, 0.25) is 6.32 Å². The molecule has 0 saturated carbocycles. The average molecular weight is 164 g/mol. The zero-order valence-corrected chi connectivity index (χ0v) is 8.69. The second-order valence-electron chi connectivity index (χ2n) is 3.50. The van der Waals surface area contributed by atoms with E-state index in [0.717, 1.165) is 12.1 Å². The molecule has 1 rings (SSSR count). The van der Waals surface area contributed by atoms with Crippen molar-refractivity contribution in [2.45, 2.75) is 40.9 Å². The lowest BCUT2D eigenvalue weighted by Crippen LogP contribution is -2.23. The smallest absolute Gasteiger partial charge is 0.386 e. The Morgan fingerprint density at radius 3 is 2.17 bits per heavy atom. The minimum atomic E-state index is 0.314. The second kappa shape index (κ2) is 3.38. The van der Waals surface area contributed by atoms with Crippen LogP contribution < -0.4 is 0 Å². The van der Waals surface area contributed by atoms with Gasteiger partial charge in [-0.3, -0.25) is 0 Å². The standard InChI is InChI=1S/C10H17BO/c1-6-11-9(4)7(2)8(3)10(5)12-11/h6H2,1-5H3. The van der Waals surface area contributed by atoms with Crippen LogP contribution in [0.3, 0.4) is 0 Å². The van der Waals surface area contributed by atoms with Crippen LogP contribution in [0, 0.1) is 0 Å². The summed E-state index contributed by atoms with van der Waals surface area (Å²) in [6, 6.07) is 0. The molecule has 0 aromatic carbocycles. The largest absolute Gasteiger partial charge is 0.559 e. The summed E-state index contributed by atoms with van der Waals surface area (Å²) in [5.74, 6) is 1.09. The van der Waals surface area contributed by atoms with Crippen molar-refractivity contribution in [2.24, 2.45) is 0 Å². The third kappa shape index (κ3) is 1.43. The van der Waals surface area contributed by atoms with Crippen LogP contribution >= 0.6 is 0 Å². The Bertz CT molecular complexity index is 251. The normalized spacial score (nSPS) is 18.6. The Morgan fingerprint density at radius 2 is 1.67 bits per heavy atom. The molecule has 0 amide bonds. The van der Waals surface area contributed by atoms with Crippen LogP contribution in [0.25, 0.3) is 0 Å². The summed E-state index contributed by atoms with van der Waals surface area (Å²) in [6.45, 7) is 11.0. The van der Waals surface area contributed by atoms with Crippen molar-refractivity contribution in [1.29, 1.82) is 0 Å². The zero-order valence-electron chi connectivity index (χ0n) is 8.69. The van der Waals surface area contributed by atoms with E-state index < -0.39 is 0 Å². The van der Waals surface area contributed by atoms with E-state index in [1.807, 2.05) is 6.92 Å². The summed E-state index contributed by atoms with van der Waals surface area (Å²) >= 11 is 0. The van der Waals surface area contributed by atoms with Crippen molar-refractivity contribution in [3.8, 4) is 0 Å². The quantitative estimate of drug-likeness (QED) is 0.540. The van der Waals surface area contributed by atoms with Crippen LogP contribution in [0.15, 0.2) is 22.4 Å². The van der Waals surface area contributed by atoms with Crippen LogP contribution in [0.1, 0.15) is 34.6 Å². The predicted octanol–water partition coefficient (Wildman–Crippen LogP) is 3.20. The third-order valence-corrected chi connectivity index (χ3v) is 2.85. The molecule has 0 aromatic rings. The lowest BCUT2D eigenvalue weighted by Gasteiger charge is -2.25. The molecule has 12 heavy (non-hydrogen) atoms. The fraction of sp³-hybridized carbons (Fsp3) is 0.600. The number of hydrogen-bond acceptors (Lipinski definition) is 1. The molecule has 1 nitrogen and oxygen atoms in total. The minimum Gasteiger partial charge on any atom is -0.559 e. The highest BCUT2D eigenvalue weighted by atomic mass is 16.4. The molecular weight excluding hydrogens is 147 g/mol. The molecule has 0 aliphatic carbocycles. The maximum atomic E-state index is 5.75. The van der Waals surface area contributed by atoms with Gasteiger partial charge >= 0.3 is 6.92 Å². The van der Waals surface area contributed by atoms with Crippen molar-refractivity contribution < 1.29 is 4.65 Å². The first-order valence-corrected chi connectivity index (χ1v) is 4.59. The van der Waals surface area contributed by atoms with Gasteiger partial charge in [-0.15, -0.1) is 0 Å². The van der Waals surface area contributed by atoms with Gasteiger partial charge in [0.2, 0.25) is 0 Å². The molecule has 66 valence electrons. The lowest BCUT2D eigenvalue weighted by molar-refractivity contribution is 0.428. The highest BCUT2D eigenvalue weighted by molar-refractivity contribution is 6.61. The van der Waals surface area contributed by atoms with E-state index in [2.05, 4.69) is 27.7 Å². The summed E-state index contributed by atoms with van der Waals surface area (Å²) < 4.78 is 5.75. The van der Waals surface area contributed by atoms with Gasteiger partial charge in [-0.25, -0.2) is 0 Å². The van der Waals surface area contributed by atoms with Crippen LogP contribution in [0.5, 0.6) is 0 Å². The van der Waals surface area contributed by atoms with Crippen molar-refractivity contribution in [2.75, 3.05) is 0 Å². The highest BCUT2D eigenvalue weighted by Crippen LogP contribution is 2.27. The molecule has 0 spiro atoms. The maximum absolute atomic E-state index is 5.75. The summed E-state index contributed by atoms with van der Waals surface area (Å²) in [6.07, 6.45) is 1.06. The predicted molar refractivity (Wildman–Crippen MR) is 54.1 cm³/mol. The second-order valence-corrected chi connectivity index (χ2v) is 3.50. The van der Waals surface area contributed by atoms with Crippen molar-refractivity contribution in [3.05, 3.63) is 22.4 Å². The molecule has 0 bridgehead atoms. The van der Waals surface area contributed by atoms with Crippen LogP contribution in [0.4, 0.5) is 0 Å². The summed E-state index contributed by atoms with van der Waals surface area (Å²) in [5.41, 5.74) is 4.10. The molecule has 0 fully saturated rings. The van der Waals surface area contributed by atoms with Crippen molar-refractivity contribution in [1.82, 2.24) is 0 Å². The highest BCUT2D eigenvalue weighted by Gasteiger charge is 2.24. The Kier molecular flexibility index (Phi) is 2.66. The first kappa shape index (κ1) is 9.43. The van der Waals surface area contributed by atoms with Gasteiger partial charge in [0.15, 0.2) is 0 Å². The molecule has 0 atom stereocenters. The molecule has 0 aromatic heterocycles. The molecule has 1 aliphatic rings. The maximum Gasteiger partial charge on any atom is 0.386 e. The first-order chi connectivity index (χ1) is 5.57. The van der Waals surface area contributed by atoms with E-state index >= 15 is 0 Å². The molecule has 2 heteroatoms. The fourth-order valence-corrected chi connectivity index (χ4v) is 1.58. The average Bonchev–Trinajstić information content (AvgIpc) is 2.08. The van der Waals surface area contributed by atoms with Crippen molar-refractivity contribution in [3.63, 3.8) is 0 Å². The summed E-state index contributed by atoms with van der Waals surface area (Å²) in [7, 11) is 0. The van der Waals surface area contributed by atoms with Gasteiger partial charge < -0.3 is 4.65 Å². The fourth-order valence-electron chi connectivity index (χ4n) is 1.58. The number of hydrogen-bond donors (Lipinski definition) is 0. The van der Waals surface area contributed by atoms with Gasteiger partial charge in [-0.2, -0.15) is 0 Å². The monoisotopic (exact) mass is 164 g/mol. The van der Waals surface area contributed by atoms with E-state index in [1.165, 1.54) is 16.6 Å². The summed E-state index contributed by atoms with van der Waals surface area (Å²) in [4.78, 5) is 0. The van der Waals surface area contributed by atoms with Gasteiger partial charge in [0.25, 0.3) is 0 Å². The van der Waals surface area contributed by atoms with E-state index in [0.29, 0.717) is 6.92 Å². The molecule has 1 heterocycles. The van der Waals surface area contributed by atoms with Gasteiger partial charge in [-0.1, -0.05) is 18.0 Å². The number of allylic oxidation sites excluding steroid dienone is 4. The Labute approximate surface area is 75.6 Å². The minimum absolute atomic E-state index is 0.314. The molecule has 0 radical (unpaired) electrons. The molecule has 0 unspecified atom stereocenters. The molecule has 1 aliphatic heterocycles. The van der Waals surface area contributed by atoms with Crippen LogP contribution in [-0.2, 0) is 4.65 Å². The lowest BCUT2D eigenvalue weighted by atomic mass is 9.55. The van der Waals surface area contributed by atoms with Gasteiger partial charge in [0.05, 0.1) is 5.76 Å². The molecule has 0 saturated heterocycles. The molecule has 0 N–H and O–H groups in total. The topological polar surface area (TPSA) is 9.23 Å². The SMILES string of the molecule is CCB1OC(C)=C(C)C(C)=C1C. The Morgan fingerprint density at radius 1 is 1.08 bits per heavy atom. The van der Waals surface area contributed by atoms with E-state index in [9.17, 15) is 0 Å². The van der Waals surface area contributed by atoms with E-state index in [1.54, 1.807) is 0 Å². The van der Waals surface area contributed by atoms with E-state index in [4.69, 9.17) is 4.65 Å². The molecular formula is C10H17BO.